The summed E-state index contributed by atoms with van der Waals surface area (Å²) in [6, 6.07) is 7.35. The van der Waals surface area contributed by atoms with E-state index in [4.69, 9.17) is 0 Å². The van der Waals surface area contributed by atoms with Gasteiger partial charge >= 0.3 is 0 Å². The summed E-state index contributed by atoms with van der Waals surface area (Å²) in [6.07, 6.45) is 2.98. The predicted octanol–water partition coefficient (Wildman–Crippen LogP) is 1.85. The van der Waals surface area contributed by atoms with Crippen molar-refractivity contribution in [3.8, 4) is 0 Å². The van der Waals surface area contributed by atoms with E-state index in [0.29, 0.717) is 18.7 Å². The lowest BCUT2D eigenvalue weighted by Gasteiger charge is -2.33. The molecule has 1 fully saturated rings. The van der Waals surface area contributed by atoms with E-state index in [1.165, 1.54) is 0 Å². The third-order valence-electron chi connectivity index (χ3n) is 3.54. The number of sulfonamides is 1. The Morgan fingerprint density at radius 2 is 2.14 bits per heavy atom. The topological polar surface area (TPSA) is 66.5 Å². The average molecular weight is 375 g/mol. The molecule has 1 N–H and O–H groups in total. The van der Waals surface area contributed by atoms with E-state index in [1.807, 2.05) is 18.2 Å². The van der Waals surface area contributed by atoms with Gasteiger partial charge in [0.05, 0.1) is 11.8 Å². The fourth-order valence-electron chi connectivity index (χ4n) is 2.49. The minimum absolute atomic E-state index is 0.00784. The smallest absolute Gasteiger partial charge is 0.255 e. The number of rotatable bonds is 4. The molecule has 0 bridgehead atoms. The van der Waals surface area contributed by atoms with Gasteiger partial charge in [0.15, 0.2) is 0 Å². The van der Waals surface area contributed by atoms with Crippen LogP contribution in [0.25, 0.3) is 0 Å². The van der Waals surface area contributed by atoms with Crippen LogP contribution in [0.3, 0.4) is 0 Å². The number of likely N-dealkylation sites (tertiary alicyclic amines) is 1. The van der Waals surface area contributed by atoms with E-state index in [2.05, 4.69) is 20.7 Å². The van der Waals surface area contributed by atoms with Crippen molar-refractivity contribution < 1.29 is 13.2 Å². The average Bonchev–Trinajstić information content (AvgIpc) is 2.44. The number of nitrogens with zero attached hydrogens (tertiary/aromatic N) is 1. The van der Waals surface area contributed by atoms with Crippen molar-refractivity contribution in [3.05, 3.63) is 34.3 Å². The normalized spacial score (nSPS) is 19.5. The highest BCUT2D eigenvalue weighted by Crippen LogP contribution is 2.22. The van der Waals surface area contributed by atoms with Gasteiger partial charge in [-0.05, 0) is 46.8 Å². The van der Waals surface area contributed by atoms with Crippen LogP contribution in [0.2, 0.25) is 0 Å². The van der Waals surface area contributed by atoms with Crippen LogP contribution in [0.5, 0.6) is 0 Å². The molecular formula is C14H19BrN2O3S. The summed E-state index contributed by atoms with van der Waals surface area (Å²) in [7, 11) is -3.18. The van der Waals surface area contributed by atoms with Gasteiger partial charge in [0.25, 0.3) is 5.91 Å². The zero-order chi connectivity index (χ0) is 15.5. The second-order valence-corrected chi connectivity index (χ2v) is 8.05. The van der Waals surface area contributed by atoms with E-state index in [9.17, 15) is 13.2 Å². The molecule has 0 aliphatic carbocycles. The lowest BCUT2D eigenvalue weighted by molar-refractivity contribution is 0.0675. The molecular weight excluding hydrogens is 356 g/mol. The highest BCUT2D eigenvalue weighted by molar-refractivity contribution is 9.10. The second-order valence-electron chi connectivity index (χ2n) is 5.36. The molecule has 1 atom stereocenters. The Kier molecular flexibility index (Phi) is 5.40. The number of amides is 1. The maximum Gasteiger partial charge on any atom is 0.255 e. The quantitative estimate of drug-likeness (QED) is 0.874. The third-order valence-corrected chi connectivity index (χ3v) is 4.93. The number of halogens is 1. The molecule has 0 aromatic heterocycles. The van der Waals surface area contributed by atoms with E-state index in [0.717, 1.165) is 30.1 Å². The molecule has 1 aliphatic heterocycles. The number of benzene rings is 1. The summed E-state index contributed by atoms with van der Waals surface area (Å²) in [6.45, 7) is 1.69. The van der Waals surface area contributed by atoms with E-state index in [1.54, 1.807) is 11.0 Å². The van der Waals surface area contributed by atoms with E-state index >= 15 is 0 Å². The SMILES string of the molecule is CS(=O)(=O)NCC1CCCN(C(=O)c2ccccc2Br)C1. The highest BCUT2D eigenvalue weighted by Gasteiger charge is 2.25. The summed E-state index contributed by atoms with van der Waals surface area (Å²) in [5, 5.41) is 0. The van der Waals surface area contributed by atoms with Gasteiger partial charge in [0.2, 0.25) is 10.0 Å². The molecule has 1 aromatic rings. The second kappa shape index (κ2) is 6.89. The molecule has 1 aliphatic rings. The molecule has 0 saturated carbocycles. The summed E-state index contributed by atoms with van der Waals surface area (Å²) in [4.78, 5) is 14.3. The standard InChI is InChI=1S/C14H19BrN2O3S/c1-21(19,20)16-9-11-5-4-8-17(10-11)14(18)12-6-2-3-7-13(12)15/h2-3,6-7,11,16H,4-5,8-10H2,1H3. The first kappa shape index (κ1) is 16.5. The molecule has 5 nitrogen and oxygen atoms in total. The van der Waals surface area contributed by atoms with Crippen LogP contribution < -0.4 is 4.72 Å². The van der Waals surface area contributed by atoms with Gasteiger partial charge in [-0.1, -0.05) is 12.1 Å². The first-order chi connectivity index (χ1) is 9.87. The van der Waals surface area contributed by atoms with Crippen LogP contribution in [0.4, 0.5) is 0 Å². The summed E-state index contributed by atoms with van der Waals surface area (Å²) in [5.41, 5.74) is 0.647. The van der Waals surface area contributed by atoms with Gasteiger partial charge in [-0.2, -0.15) is 0 Å². The van der Waals surface area contributed by atoms with Gasteiger partial charge in [-0.25, -0.2) is 13.1 Å². The molecule has 1 amide bonds. The molecule has 1 heterocycles. The van der Waals surface area contributed by atoms with Crippen LogP contribution in [0, 0.1) is 5.92 Å². The molecule has 1 aromatic carbocycles. The summed E-state index contributed by atoms with van der Waals surface area (Å²) < 4.78 is 25.6. The number of hydrogen-bond acceptors (Lipinski definition) is 3. The van der Waals surface area contributed by atoms with Crippen LogP contribution in [0.1, 0.15) is 23.2 Å². The van der Waals surface area contributed by atoms with Crippen molar-refractivity contribution in [2.24, 2.45) is 5.92 Å². The zero-order valence-corrected chi connectivity index (χ0v) is 14.3. The van der Waals surface area contributed by atoms with Crippen LogP contribution >= 0.6 is 15.9 Å². The van der Waals surface area contributed by atoms with Crippen molar-refractivity contribution in [2.75, 3.05) is 25.9 Å². The number of hydrogen-bond donors (Lipinski definition) is 1. The minimum atomic E-state index is -3.18. The Balaban J connectivity index is 2.01. The van der Waals surface area contributed by atoms with E-state index < -0.39 is 10.0 Å². The lowest BCUT2D eigenvalue weighted by atomic mass is 9.97. The van der Waals surface area contributed by atoms with E-state index in [-0.39, 0.29) is 11.8 Å². The number of carbonyl (C=O) groups is 1. The molecule has 21 heavy (non-hydrogen) atoms. The highest BCUT2D eigenvalue weighted by atomic mass is 79.9. The molecule has 0 spiro atoms. The third kappa shape index (κ3) is 4.79. The molecule has 1 saturated heterocycles. The van der Waals surface area contributed by atoms with Crippen molar-refractivity contribution in [2.45, 2.75) is 12.8 Å². The van der Waals surface area contributed by atoms with Crippen molar-refractivity contribution in [1.29, 1.82) is 0 Å². The van der Waals surface area contributed by atoms with Crippen molar-refractivity contribution in [1.82, 2.24) is 9.62 Å². The van der Waals surface area contributed by atoms with Gasteiger partial charge in [0, 0.05) is 24.1 Å². The van der Waals surface area contributed by atoms with Gasteiger partial charge in [-0.15, -0.1) is 0 Å². The zero-order valence-electron chi connectivity index (χ0n) is 11.9. The molecule has 0 radical (unpaired) electrons. The van der Waals surface area contributed by atoms with Gasteiger partial charge in [0.1, 0.15) is 0 Å². The van der Waals surface area contributed by atoms with Crippen molar-refractivity contribution in [3.63, 3.8) is 0 Å². The predicted molar refractivity (Wildman–Crippen MR) is 85.6 cm³/mol. The Morgan fingerprint density at radius 1 is 1.43 bits per heavy atom. The molecule has 1 unspecified atom stereocenters. The first-order valence-electron chi connectivity index (χ1n) is 6.85. The maximum absolute atomic E-state index is 12.5. The summed E-state index contributed by atoms with van der Waals surface area (Å²) >= 11 is 3.40. The monoisotopic (exact) mass is 374 g/mol. The van der Waals surface area contributed by atoms with Crippen LogP contribution in [0.15, 0.2) is 28.7 Å². The van der Waals surface area contributed by atoms with Crippen LogP contribution in [-0.4, -0.2) is 45.1 Å². The van der Waals surface area contributed by atoms with Gasteiger partial charge in [-0.3, -0.25) is 4.79 Å². The molecule has 2 rings (SSSR count). The number of piperidine rings is 1. The summed E-state index contributed by atoms with van der Waals surface area (Å²) in [5.74, 6) is 0.159. The Hall–Kier alpha value is -0.920. The Morgan fingerprint density at radius 3 is 2.81 bits per heavy atom. The fourth-order valence-corrected chi connectivity index (χ4v) is 3.48. The van der Waals surface area contributed by atoms with Crippen LogP contribution in [-0.2, 0) is 10.0 Å². The minimum Gasteiger partial charge on any atom is -0.338 e. The maximum atomic E-state index is 12.5. The number of carbonyl (C=O) groups excluding carboxylic acids is 1. The Bertz CT molecular complexity index is 618. The first-order valence-corrected chi connectivity index (χ1v) is 9.53. The Labute approximate surface area is 133 Å². The lowest BCUT2D eigenvalue weighted by Crippen LogP contribution is -2.43. The molecule has 116 valence electrons. The van der Waals surface area contributed by atoms with Crippen molar-refractivity contribution >= 4 is 31.9 Å². The molecule has 7 heteroatoms. The number of nitrogens with one attached hydrogen (secondary N) is 1. The fraction of sp³-hybridized carbons (Fsp3) is 0.500. The largest absolute Gasteiger partial charge is 0.338 e. The van der Waals surface area contributed by atoms with Gasteiger partial charge < -0.3 is 4.90 Å².